The summed E-state index contributed by atoms with van der Waals surface area (Å²) in [5.74, 6) is 0.925. The molecule has 6 heteroatoms. The van der Waals surface area contributed by atoms with Gasteiger partial charge in [0.25, 0.3) is 5.91 Å². The standard InChI is InChI=1S/C20H20ClN3O2/c1-2-15-6-8-16(9-7-15)13-24-19(10-11-22-24)23-20(25)14-26-18-5-3-4-17(21)12-18/h3-12H,2,13-14H2,1H3,(H,23,25). The number of hydrogen-bond acceptors (Lipinski definition) is 3. The first-order valence-electron chi connectivity index (χ1n) is 8.42. The molecule has 5 nitrogen and oxygen atoms in total. The van der Waals surface area contributed by atoms with Gasteiger partial charge in [0.1, 0.15) is 11.6 Å². The van der Waals surface area contributed by atoms with Crippen molar-refractivity contribution in [1.82, 2.24) is 9.78 Å². The Labute approximate surface area is 157 Å². The summed E-state index contributed by atoms with van der Waals surface area (Å²) in [6.45, 7) is 2.61. The minimum absolute atomic E-state index is 0.100. The van der Waals surface area contributed by atoms with E-state index in [-0.39, 0.29) is 12.5 Å². The van der Waals surface area contributed by atoms with E-state index < -0.39 is 0 Å². The predicted octanol–water partition coefficient (Wildman–Crippen LogP) is 4.16. The molecule has 1 aromatic heterocycles. The van der Waals surface area contributed by atoms with Crippen molar-refractivity contribution in [3.63, 3.8) is 0 Å². The fourth-order valence-electron chi connectivity index (χ4n) is 2.50. The van der Waals surface area contributed by atoms with Crippen molar-refractivity contribution in [1.29, 1.82) is 0 Å². The van der Waals surface area contributed by atoms with Gasteiger partial charge in [-0.3, -0.25) is 4.79 Å². The van der Waals surface area contributed by atoms with Crippen LogP contribution in [-0.4, -0.2) is 22.3 Å². The summed E-state index contributed by atoms with van der Waals surface area (Å²) in [6.07, 6.45) is 2.67. The Balaban J connectivity index is 1.58. The molecule has 0 atom stereocenters. The van der Waals surface area contributed by atoms with E-state index in [1.165, 1.54) is 5.56 Å². The fraction of sp³-hybridized carbons (Fsp3) is 0.200. The lowest BCUT2D eigenvalue weighted by Gasteiger charge is -2.10. The minimum Gasteiger partial charge on any atom is -0.484 e. The SMILES string of the molecule is CCc1ccc(Cn2nccc2NC(=O)COc2cccc(Cl)c2)cc1. The fourth-order valence-corrected chi connectivity index (χ4v) is 2.68. The van der Waals surface area contributed by atoms with E-state index in [2.05, 4.69) is 41.6 Å². The lowest BCUT2D eigenvalue weighted by atomic mass is 10.1. The smallest absolute Gasteiger partial charge is 0.263 e. The Morgan fingerprint density at radius 1 is 1.15 bits per heavy atom. The number of aromatic nitrogens is 2. The first-order chi connectivity index (χ1) is 12.6. The number of nitrogens with zero attached hydrogens (tertiary/aromatic N) is 2. The molecule has 1 N–H and O–H groups in total. The molecule has 3 rings (SSSR count). The summed E-state index contributed by atoms with van der Waals surface area (Å²) in [5, 5.41) is 7.67. The zero-order valence-corrected chi connectivity index (χ0v) is 15.2. The molecule has 0 bridgehead atoms. The van der Waals surface area contributed by atoms with E-state index in [1.54, 1.807) is 41.2 Å². The van der Waals surface area contributed by atoms with Crippen LogP contribution in [0.2, 0.25) is 5.02 Å². The molecule has 0 spiro atoms. The molecule has 0 aliphatic rings. The van der Waals surface area contributed by atoms with E-state index >= 15 is 0 Å². The van der Waals surface area contributed by atoms with E-state index in [9.17, 15) is 4.79 Å². The Kier molecular flexibility index (Phi) is 5.92. The average Bonchev–Trinajstić information content (AvgIpc) is 3.07. The number of carbonyl (C=O) groups is 1. The first-order valence-corrected chi connectivity index (χ1v) is 8.79. The van der Waals surface area contributed by atoms with Gasteiger partial charge in [0.2, 0.25) is 0 Å². The van der Waals surface area contributed by atoms with E-state index in [0.717, 1.165) is 12.0 Å². The summed E-state index contributed by atoms with van der Waals surface area (Å²) in [4.78, 5) is 12.1. The molecule has 134 valence electrons. The van der Waals surface area contributed by atoms with Crippen LogP contribution in [0.3, 0.4) is 0 Å². The summed E-state index contributed by atoms with van der Waals surface area (Å²) >= 11 is 5.90. The van der Waals surface area contributed by atoms with Gasteiger partial charge in [-0.2, -0.15) is 5.10 Å². The molecule has 0 aliphatic heterocycles. The first kappa shape index (κ1) is 18.0. The lowest BCUT2D eigenvalue weighted by Crippen LogP contribution is -2.22. The molecular formula is C20H20ClN3O2. The summed E-state index contributed by atoms with van der Waals surface area (Å²) in [6, 6.07) is 17.1. The summed E-state index contributed by atoms with van der Waals surface area (Å²) in [5.41, 5.74) is 2.41. The Morgan fingerprint density at radius 3 is 2.65 bits per heavy atom. The van der Waals surface area contributed by atoms with E-state index in [4.69, 9.17) is 16.3 Å². The van der Waals surface area contributed by atoms with Gasteiger partial charge in [0.15, 0.2) is 6.61 Å². The molecule has 1 amide bonds. The average molecular weight is 370 g/mol. The second kappa shape index (κ2) is 8.54. The number of aryl methyl sites for hydroxylation is 1. The van der Waals surface area contributed by atoms with Gasteiger partial charge in [-0.25, -0.2) is 4.68 Å². The van der Waals surface area contributed by atoms with Crippen LogP contribution in [0.4, 0.5) is 5.82 Å². The van der Waals surface area contributed by atoms with Gasteiger partial charge in [0.05, 0.1) is 12.7 Å². The zero-order valence-electron chi connectivity index (χ0n) is 14.5. The van der Waals surface area contributed by atoms with Crippen molar-refractivity contribution in [2.45, 2.75) is 19.9 Å². The van der Waals surface area contributed by atoms with Gasteiger partial charge < -0.3 is 10.1 Å². The molecule has 26 heavy (non-hydrogen) atoms. The third-order valence-electron chi connectivity index (χ3n) is 3.91. The van der Waals surface area contributed by atoms with E-state index in [0.29, 0.717) is 23.1 Å². The lowest BCUT2D eigenvalue weighted by molar-refractivity contribution is -0.118. The number of anilines is 1. The molecular weight excluding hydrogens is 350 g/mol. The topological polar surface area (TPSA) is 56.2 Å². The van der Waals surface area contributed by atoms with Crippen LogP contribution in [0.5, 0.6) is 5.75 Å². The monoisotopic (exact) mass is 369 g/mol. The third kappa shape index (κ3) is 4.86. The van der Waals surface area contributed by atoms with E-state index in [1.807, 2.05) is 0 Å². The number of amides is 1. The highest BCUT2D eigenvalue weighted by Gasteiger charge is 2.09. The highest BCUT2D eigenvalue weighted by Crippen LogP contribution is 2.17. The molecule has 2 aromatic carbocycles. The molecule has 0 saturated heterocycles. The molecule has 0 fully saturated rings. The minimum atomic E-state index is -0.256. The molecule has 0 saturated carbocycles. The maximum atomic E-state index is 12.1. The number of benzene rings is 2. The largest absolute Gasteiger partial charge is 0.484 e. The van der Waals surface area contributed by atoms with Gasteiger partial charge in [0, 0.05) is 11.1 Å². The molecule has 0 unspecified atom stereocenters. The zero-order chi connectivity index (χ0) is 18.4. The van der Waals surface area contributed by atoms with Crippen LogP contribution in [-0.2, 0) is 17.8 Å². The predicted molar refractivity (Wildman–Crippen MR) is 103 cm³/mol. The number of halogens is 1. The molecule has 3 aromatic rings. The van der Waals surface area contributed by atoms with Crippen molar-refractivity contribution in [3.05, 3.63) is 76.9 Å². The van der Waals surface area contributed by atoms with Crippen LogP contribution < -0.4 is 10.1 Å². The van der Waals surface area contributed by atoms with Crippen LogP contribution in [0.1, 0.15) is 18.1 Å². The van der Waals surface area contributed by atoms with Gasteiger partial charge in [-0.1, -0.05) is 48.9 Å². The maximum Gasteiger partial charge on any atom is 0.263 e. The van der Waals surface area contributed by atoms with Crippen molar-refractivity contribution in [3.8, 4) is 5.75 Å². The summed E-state index contributed by atoms with van der Waals surface area (Å²) in [7, 11) is 0. The number of hydrogen-bond donors (Lipinski definition) is 1. The van der Waals surface area contributed by atoms with Crippen LogP contribution in [0.25, 0.3) is 0 Å². The number of carbonyl (C=O) groups excluding carboxylic acids is 1. The van der Waals surface area contributed by atoms with Crippen molar-refractivity contribution in [2.24, 2.45) is 0 Å². The third-order valence-corrected chi connectivity index (χ3v) is 4.15. The molecule has 1 heterocycles. The Hall–Kier alpha value is -2.79. The molecule has 0 aliphatic carbocycles. The van der Waals surface area contributed by atoms with Gasteiger partial charge in [-0.05, 0) is 35.7 Å². The highest BCUT2D eigenvalue weighted by atomic mass is 35.5. The van der Waals surface area contributed by atoms with Crippen molar-refractivity contribution >= 4 is 23.3 Å². The summed E-state index contributed by atoms with van der Waals surface area (Å²) < 4.78 is 7.20. The van der Waals surface area contributed by atoms with Crippen molar-refractivity contribution < 1.29 is 9.53 Å². The highest BCUT2D eigenvalue weighted by molar-refractivity contribution is 6.30. The van der Waals surface area contributed by atoms with Crippen molar-refractivity contribution in [2.75, 3.05) is 11.9 Å². The second-order valence-electron chi connectivity index (χ2n) is 5.84. The second-order valence-corrected chi connectivity index (χ2v) is 6.27. The molecule has 0 radical (unpaired) electrons. The van der Waals surface area contributed by atoms with Crippen LogP contribution >= 0.6 is 11.6 Å². The van der Waals surface area contributed by atoms with Gasteiger partial charge >= 0.3 is 0 Å². The number of ether oxygens (including phenoxy) is 1. The van der Waals surface area contributed by atoms with Crippen LogP contribution in [0.15, 0.2) is 60.8 Å². The number of nitrogens with one attached hydrogen (secondary N) is 1. The Morgan fingerprint density at radius 2 is 1.92 bits per heavy atom. The normalized spacial score (nSPS) is 10.5. The van der Waals surface area contributed by atoms with Gasteiger partial charge in [-0.15, -0.1) is 0 Å². The number of rotatable bonds is 7. The van der Waals surface area contributed by atoms with Crippen LogP contribution in [0, 0.1) is 0 Å². The quantitative estimate of drug-likeness (QED) is 0.680. The maximum absolute atomic E-state index is 12.1. The Bertz CT molecular complexity index is 875.